The Kier molecular flexibility index (Phi) is 6.19. The number of carboxylic acid groups (broad SMARTS) is 1. The zero-order valence-corrected chi connectivity index (χ0v) is 16.5. The van der Waals surface area contributed by atoms with E-state index in [2.05, 4.69) is 0 Å². The van der Waals surface area contributed by atoms with Gasteiger partial charge in [-0.1, -0.05) is 30.3 Å². The number of benzene rings is 2. The molecule has 0 fully saturated rings. The molecule has 0 saturated heterocycles. The summed E-state index contributed by atoms with van der Waals surface area (Å²) in [6, 6.07) is 9.31. The van der Waals surface area contributed by atoms with Crippen molar-refractivity contribution < 1.29 is 33.3 Å². The first-order valence-corrected chi connectivity index (χ1v) is 8.83. The molecular formula is C16H9F2I2O5-. The number of aromatic hydroxyl groups is 1. The lowest BCUT2D eigenvalue weighted by molar-refractivity contribution is -0.336. The highest BCUT2D eigenvalue weighted by atomic mass is 127. The van der Waals surface area contributed by atoms with Crippen LogP contribution in [0, 0.1) is 7.14 Å². The lowest BCUT2D eigenvalue weighted by Gasteiger charge is -2.27. The zero-order chi connectivity index (χ0) is 18.8. The molecule has 9 heteroatoms. The first kappa shape index (κ1) is 19.8. The van der Waals surface area contributed by atoms with E-state index in [4.69, 9.17) is 4.74 Å². The number of carbonyl (C=O) groups is 2. The molecule has 1 N–H and O–H groups in total. The third-order valence-electron chi connectivity index (χ3n) is 3.18. The topological polar surface area (TPSA) is 86.7 Å². The molecule has 0 aliphatic rings. The third kappa shape index (κ3) is 4.37. The molecule has 1 atom stereocenters. The number of hydrogen-bond donors (Lipinski definition) is 1. The van der Waals surface area contributed by atoms with E-state index in [0.29, 0.717) is 7.14 Å². The van der Waals surface area contributed by atoms with Gasteiger partial charge in [-0.15, -0.1) is 0 Å². The van der Waals surface area contributed by atoms with Crippen molar-refractivity contribution in [2.24, 2.45) is 0 Å². The summed E-state index contributed by atoms with van der Waals surface area (Å²) in [6.07, 6.45) is -2.35. The number of rotatable bonds is 5. The first-order valence-electron chi connectivity index (χ1n) is 6.67. The van der Waals surface area contributed by atoms with Gasteiger partial charge >= 0.3 is 11.9 Å². The molecule has 0 heterocycles. The highest BCUT2D eigenvalue weighted by molar-refractivity contribution is 14.1. The lowest BCUT2D eigenvalue weighted by Crippen LogP contribution is -2.47. The average molecular weight is 573 g/mol. The van der Waals surface area contributed by atoms with Crippen LogP contribution in [-0.2, 0) is 9.53 Å². The van der Waals surface area contributed by atoms with Gasteiger partial charge in [0.15, 0.2) is 6.10 Å². The second-order valence-corrected chi connectivity index (χ2v) is 7.22. The quantitative estimate of drug-likeness (QED) is 0.440. The molecule has 0 spiro atoms. The van der Waals surface area contributed by atoms with Crippen molar-refractivity contribution in [3.05, 3.63) is 60.7 Å². The van der Waals surface area contributed by atoms with Crippen LogP contribution in [0.15, 0.2) is 42.5 Å². The monoisotopic (exact) mass is 573 g/mol. The molecule has 0 bridgehead atoms. The van der Waals surface area contributed by atoms with Gasteiger partial charge in [-0.05, 0) is 62.9 Å². The molecule has 0 saturated carbocycles. The third-order valence-corrected chi connectivity index (χ3v) is 4.83. The van der Waals surface area contributed by atoms with Crippen molar-refractivity contribution in [1.82, 2.24) is 0 Å². The minimum absolute atomic E-state index is 0.0579. The van der Waals surface area contributed by atoms with Gasteiger partial charge in [0.05, 0.1) is 12.7 Å². The fraction of sp³-hybridized carbons (Fsp3) is 0.125. The van der Waals surface area contributed by atoms with Crippen LogP contribution in [0.4, 0.5) is 8.78 Å². The Labute approximate surface area is 168 Å². The van der Waals surface area contributed by atoms with E-state index in [1.54, 1.807) is 51.2 Å². The second-order valence-electron chi connectivity index (χ2n) is 4.89. The van der Waals surface area contributed by atoms with E-state index in [-0.39, 0.29) is 16.9 Å². The van der Waals surface area contributed by atoms with Crippen LogP contribution in [0.1, 0.15) is 22.0 Å². The molecule has 2 aromatic rings. The van der Waals surface area contributed by atoms with Gasteiger partial charge < -0.3 is 19.7 Å². The number of carbonyl (C=O) groups excluding carboxylic acids is 2. The standard InChI is InChI=1S/C16H10F2I2O5/c17-16(18,15(23)24)13(8-4-2-1-3-5-8)25-14(22)9-6-10(19)12(21)11(20)7-9/h1-7,13,21H,(H,23,24)/p-1. The SMILES string of the molecule is O=C(OC(c1ccccc1)C(F)(F)C(=O)[O-])c1cc(I)c(O)c(I)c1. The van der Waals surface area contributed by atoms with Gasteiger partial charge in [0.25, 0.3) is 0 Å². The van der Waals surface area contributed by atoms with Gasteiger partial charge in [0.2, 0.25) is 0 Å². The number of phenolic OH excluding ortho intramolecular Hbond substituents is 1. The van der Waals surface area contributed by atoms with Crippen LogP contribution in [-0.4, -0.2) is 23.0 Å². The number of esters is 1. The Morgan fingerprint density at radius 3 is 2.12 bits per heavy atom. The number of hydrogen-bond acceptors (Lipinski definition) is 5. The van der Waals surface area contributed by atoms with E-state index in [1.165, 1.54) is 36.4 Å². The fourth-order valence-electron chi connectivity index (χ4n) is 1.94. The van der Waals surface area contributed by atoms with Crippen molar-refractivity contribution in [2.45, 2.75) is 12.0 Å². The van der Waals surface area contributed by atoms with Gasteiger partial charge in [-0.25, -0.2) is 4.79 Å². The van der Waals surface area contributed by atoms with Crippen LogP contribution < -0.4 is 5.11 Å². The Morgan fingerprint density at radius 1 is 1.12 bits per heavy atom. The van der Waals surface area contributed by atoms with E-state index in [0.717, 1.165) is 0 Å². The molecule has 2 rings (SSSR count). The Balaban J connectivity index is 2.40. The highest BCUT2D eigenvalue weighted by Crippen LogP contribution is 2.36. The predicted octanol–water partition coefficient (Wildman–Crippen LogP) is 2.88. The largest absolute Gasteiger partial charge is 0.544 e. The van der Waals surface area contributed by atoms with Gasteiger partial charge in [0, 0.05) is 0 Å². The minimum atomic E-state index is -4.42. The summed E-state index contributed by atoms with van der Waals surface area (Å²) < 4.78 is 33.5. The number of aliphatic carboxylic acids is 1. The maximum Gasteiger partial charge on any atom is 0.339 e. The van der Waals surface area contributed by atoms with Crippen LogP contribution in [0.3, 0.4) is 0 Å². The van der Waals surface area contributed by atoms with E-state index in [1.807, 2.05) is 0 Å². The maximum absolute atomic E-state index is 14.0. The first-order chi connectivity index (χ1) is 11.6. The molecule has 1 unspecified atom stereocenters. The Hall–Kier alpha value is -1.50. The van der Waals surface area contributed by atoms with Crippen molar-refractivity contribution in [1.29, 1.82) is 0 Å². The number of alkyl halides is 2. The molecule has 0 radical (unpaired) electrons. The Bertz CT molecular complexity index is 788. The van der Waals surface area contributed by atoms with E-state index in [9.17, 15) is 28.6 Å². The predicted molar refractivity (Wildman–Crippen MR) is 98.1 cm³/mol. The number of halogens is 4. The molecule has 5 nitrogen and oxygen atoms in total. The summed E-state index contributed by atoms with van der Waals surface area (Å²) in [5.41, 5.74) is -0.282. The van der Waals surface area contributed by atoms with E-state index < -0.39 is 24.0 Å². The molecule has 0 aliphatic heterocycles. The lowest BCUT2D eigenvalue weighted by atomic mass is 10.0. The van der Waals surface area contributed by atoms with Gasteiger partial charge in [-0.2, -0.15) is 8.78 Å². The fourth-order valence-corrected chi connectivity index (χ4v) is 3.71. The summed E-state index contributed by atoms with van der Waals surface area (Å²) in [6.45, 7) is 0. The van der Waals surface area contributed by atoms with Gasteiger partial charge in [-0.3, -0.25) is 0 Å². The van der Waals surface area contributed by atoms with Crippen LogP contribution in [0.5, 0.6) is 5.75 Å². The smallest absolute Gasteiger partial charge is 0.339 e. The Morgan fingerprint density at radius 2 is 1.64 bits per heavy atom. The van der Waals surface area contributed by atoms with Crippen molar-refractivity contribution >= 4 is 57.1 Å². The molecule has 0 amide bonds. The van der Waals surface area contributed by atoms with Gasteiger partial charge in [0.1, 0.15) is 11.7 Å². The van der Waals surface area contributed by atoms with Crippen LogP contribution in [0.25, 0.3) is 0 Å². The maximum atomic E-state index is 14.0. The molecule has 0 aliphatic carbocycles. The zero-order valence-electron chi connectivity index (χ0n) is 12.2. The molecule has 132 valence electrons. The normalized spacial score (nSPS) is 12.5. The van der Waals surface area contributed by atoms with Crippen molar-refractivity contribution in [3.63, 3.8) is 0 Å². The molecule has 2 aromatic carbocycles. The summed E-state index contributed by atoms with van der Waals surface area (Å²) in [5.74, 6) is -8.28. The summed E-state index contributed by atoms with van der Waals surface area (Å²) in [4.78, 5) is 23.1. The highest BCUT2D eigenvalue weighted by Gasteiger charge is 2.45. The van der Waals surface area contributed by atoms with Crippen LogP contribution in [0.2, 0.25) is 0 Å². The molecular weight excluding hydrogens is 564 g/mol. The number of carboxylic acids is 1. The summed E-state index contributed by atoms with van der Waals surface area (Å²) in [7, 11) is 0. The molecule has 0 aromatic heterocycles. The number of ether oxygens (including phenoxy) is 1. The van der Waals surface area contributed by atoms with Crippen molar-refractivity contribution in [3.8, 4) is 5.75 Å². The van der Waals surface area contributed by atoms with Crippen molar-refractivity contribution in [2.75, 3.05) is 0 Å². The summed E-state index contributed by atoms with van der Waals surface area (Å²) >= 11 is 3.53. The summed E-state index contributed by atoms with van der Waals surface area (Å²) in [5, 5.41) is 20.5. The van der Waals surface area contributed by atoms with Crippen LogP contribution >= 0.6 is 45.2 Å². The average Bonchev–Trinajstić information content (AvgIpc) is 2.57. The number of phenols is 1. The van der Waals surface area contributed by atoms with E-state index >= 15 is 0 Å². The minimum Gasteiger partial charge on any atom is -0.544 e. The second kappa shape index (κ2) is 7.81. The molecule has 25 heavy (non-hydrogen) atoms.